The van der Waals surface area contributed by atoms with Crippen molar-refractivity contribution in [3.05, 3.63) is 29.8 Å². The van der Waals surface area contributed by atoms with E-state index < -0.39 is 0 Å². The number of anilines is 1. The Hall–Kier alpha value is -1.86. The van der Waals surface area contributed by atoms with Crippen LogP contribution in [0.25, 0.3) is 0 Å². The molecule has 1 saturated carbocycles. The first-order chi connectivity index (χ1) is 10.3. The fourth-order valence-corrected chi connectivity index (χ4v) is 2.73. The van der Waals surface area contributed by atoms with E-state index >= 15 is 0 Å². The number of hydrogen-bond acceptors (Lipinski definition) is 3. The molecule has 0 aliphatic heterocycles. The summed E-state index contributed by atoms with van der Waals surface area (Å²) in [5, 5.41) is 15.0. The van der Waals surface area contributed by atoms with E-state index in [4.69, 9.17) is 5.26 Å². The zero-order valence-corrected chi connectivity index (χ0v) is 12.4. The highest BCUT2D eigenvalue weighted by atomic mass is 16.1. The van der Waals surface area contributed by atoms with E-state index in [-0.39, 0.29) is 5.91 Å². The van der Waals surface area contributed by atoms with Crippen LogP contribution in [0.1, 0.15) is 50.5 Å². The van der Waals surface area contributed by atoms with Crippen LogP contribution in [-0.4, -0.2) is 18.5 Å². The fraction of sp³-hybridized carbons (Fsp3) is 0.529. The third-order valence-corrected chi connectivity index (χ3v) is 3.95. The zero-order valence-electron chi connectivity index (χ0n) is 12.4. The molecule has 0 saturated heterocycles. The van der Waals surface area contributed by atoms with Gasteiger partial charge in [0.05, 0.1) is 18.2 Å². The van der Waals surface area contributed by atoms with Crippen molar-refractivity contribution < 1.29 is 4.79 Å². The number of amides is 1. The van der Waals surface area contributed by atoms with E-state index in [2.05, 4.69) is 16.7 Å². The second-order valence-electron chi connectivity index (χ2n) is 5.66. The Morgan fingerprint density at radius 1 is 1.10 bits per heavy atom. The van der Waals surface area contributed by atoms with Gasteiger partial charge in [-0.1, -0.05) is 32.1 Å². The lowest BCUT2D eigenvalue weighted by Gasteiger charge is -2.20. The molecular weight excluding hydrogens is 262 g/mol. The summed E-state index contributed by atoms with van der Waals surface area (Å²) in [5.74, 6) is -0.0261. The minimum atomic E-state index is -0.0261. The number of nitrogens with one attached hydrogen (secondary N) is 2. The maximum atomic E-state index is 11.9. The fourth-order valence-electron chi connectivity index (χ4n) is 2.73. The second kappa shape index (κ2) is 8.43. The third kappa shape index (κ3) is 5.57. The molecule has 21 heavy (non-hydrogen) atoms. The Morgan fingerprint density at radius 2 is 1.71 bits per heavy atom. The topological polar surface area (TPSA) is 64.9 Å². The highest BCUT2D eigenvalue weighted by Crippen LogP contribution is 2.17. The molecule has 0 atom stereocenters. The first-order valence-electron chi connectivity index (χ1n) is 7.81. The summed E-state index contributed by atoms with van der Waals surface area (Å²) in [6, 6.07) is 9.46. The van der Waals surface area contributed by atoms with Gasteiger partial charge in [-0.05, 0) is 37.1 Å². The molecule has 4 heteroatoms. The number of hydrogen-bond donors (Lipinski definition) is 2. The van der Waals surface area contributed by atoms with Crippen LogP contribution in [-0.2, 0) is 4.79 Å². The second-order valence-corrected chi connectivity index (χ2v) is 5.66. The molecule has 0 unspecified atom stereocenters. The van der Waals surface area contributed by atoms with Crippen molar-refractivity contribution in [1.82, 2.24) is 5.32 Å². The highest BCUT2D eigenvalue weighted by molar-refractivity contribution is 5.92. The molecular formula is C17H23N3O. The zero-order chi connectivity index (χ0) is 14.9. The standard InChI is InChI=1S/C17H23N3O/c18-12-14-8-10-16(11-9-14)20-17(21)13-19-15-6-4-2-1-3-5-7-15/h8-11,15,19H,1-7,13H2,(H,20,21). The molecule has 2 N–H and O–H groups in total. The summed E-state index contributed by atoms with van der Waals surface area (Å²) in [7, 11) is 0. The molecule has 2 rings (SSSR count). The van der Waals surface area contributed by atoms with Crippen LogP contribution in [0.5, 0.6) is 0 Å². The predicted molar refractivity (Wildman–Crippen MR) is 83.9 cm³/mol. The van der Waals surface area contributed by atoms with Crippen LogP contribution in [0.2, 0.25) is 0 Å². The Morgan fingerprint density at radius 3 is 2.33 bits per heavy atom. The maximum absolute atomic E-state index is 11.9. The lowest BCUT2D eigenvalue weighted by atomic mass is 9.97. The van der Waals surface area contributed by atoms with Gasteiger partial charge in [0.1, 0.15) is 0 Å². The summed E-state index contributed by atoms with van der Waals surface area (Å²) < 4.78 is 0. The smallest absolute Gasteiger partial charge is 0.238 e. The molecule has 1 amide bonds. The Kier molecular flexibility index (Phi) is 6.23. The molecule has 0 heterocycles. The van der Waals surface area contributed by atoms with Crippen LogP contribution in [0, 0.1) is 11.3 Å². The van der Waals surface area contributed by atoms with Gasteiger partial charge in [0, 0.05) is 11.7 Å². The minimum Gasteiger partial charge on any atom is -0.325 e. The lowest BCUT2D eigenvalue weighted by molar-refractivity contribution is -0.115. The monoisotopic (exact) mass is 285 g/mol. The molecule has 1 aliphatic carbocycles. The third-order valence-electron chi connectivity index (χ3n) is 3.95. The molecule has 112 valence electrons. The Bertz CT molecular complexity index is 482. The van der Waals surface area contributed by atoms with Gasteiger partial charge in [0.2, 0.25) is 5.91 Å². The minimum absolute atomic E-state index is 0.0261. The molecule has 1 fully saturated rings. The van der Waals surface area contributed by atoms with Crippen molar-refractivity contribution >= 4 is 11.6 Å². The first-order valence-corrected chi connectivity index (χ1v) is 7.81. The van der Waals surface area contributed by atoms with Crippen LogP contribution in [0.15, 0.2) is 24.3 Å². The van der Waals surface area contributed by atoms with Gasteiger partial charge in [-0.2, -0.15) is 5.26 Å². The summed E-state index contributed by atoms with van der Waals surface area (Å²) in [6.45, 7) is 0.352. The van der Waals surface area contributed by atoms with E-state index in [1.54, 1.807) is 24.3 Å². The molecule has 0 aromatic heterocycles. The van der Waals surface area contributed by atoms with E-state index in [1.165, 1.54) is 44.9 Å². The van der Waals surface area contributed by atoms with E-state index in [1.807, 2.05) is 0 Å². The Balaban J connectivity index is 1.74. The van der Waals surface area contributed by atoms with Crippen molar-refractivity contribution in [1.29, 1.82) is 5.26 Å². The molecule has 0 bridgehead atoms. The van der Waals surface area contributed by atoms with Crippen LogP contribution in [0.4, 0.5) is 5.69 Å². The van der Waals surface area contributed by atoms with Gasteiger partial charge in [-0.25, -0.2) is 0 Å². The average molecular weight is 285 g/mol. The van der Waals surface area contributed by atoms with Crippen molar-refractivity contribution in [2.75, 3.05) is 11.9 Å². The SMILES string of the molecule is N#Cc1ccc(NC(=O)CNC2CCCCCCC2)cc1. The first kappa shape index (κ1) is 15.5. The quantitative estimate of drug-likeness (QED) is 0.893. The van der Waals surface area contributed by atoms with Crippen molar-refractivity contribution in [2.45, 2.75) is 51.0 Å². The average Bonchev–Trinajstić information content (AvgIpc) is 2.47. The summed E-state index contributed by atoms with van der Waals surface area (Å²) in [6.07, 6.45) is 8.84. The van der Waals surface area contributed by atoms with Gasteiger partial charge >= 0.3 is 0 Å². The number of nitriles is 1. The largest absolute Gasteiger partial charge is 0.325 e. The van der Waals surface area contributed by atoms with Crippen molar-refractivity contribution in [2.24, 2.45) is 0 Å². The van der Waals surface area contributed by atoms with Gasteiger partial charge in [0.25, 0.3) is 0 Å². The van der Waals surface area contributed by atoms with E-state index in [9.17, 15) is 4.79 Å². The van der Waals surface area contributed by atoms with Crippen molar-refractivity contribution in [3.63, 3.8) is 0 Å². The molecule has 4 nitrogen and oxygen atoms in total. The van der Waals surface area contributed by atoms with Gasteiger partial charge < -0.3 is 10.6 Å². The maximum Gasteiger partial charge on any atom is 0.238 e. The van der Waals surface area contributed by atoms with Gasteiger partial charge in [0.15, 0.2) is 0 Å². The molecule has 0 radical (unpaired) electrons. The lowest BCUT2D eigenvalue weighted by Crippen LogP contribution is -2.36. The number of benzene rings is 1. The van der Waals surface area contributed by atoms with E-state index in [0.717, 1.165) is 5.69 Å². The number of rotatable bonds is 4. The van der Waals surface area contributed by atoms with Crippen LogP contribution in [0.3, 0.4) is 0 Å². The van der Waals surface area contributed by atoms with E-state index in [0.29, 0.717) is 18.2 Å². The molecule has 1 aromatic rings. The predicted octanol–water partition coefficient (Wildman–Crippen LogP) is 3.20. The highest BCUT2D eigenvalue weighted by Gasteiger charge is 2.12. The molecule has 1 aliphatic rings. The van der Waals surface area contributed by atoms with Crippen molar-refractivity contribution in [3.8, 4) is 6.07 Å². The summed E-state index contributed by atoms with van der Waals surface area (Å²) in [5.41, 5.74) is 1.33. The molecule has 1 aromatic carbocycles. The number of carbonyl (C=O) groups is 1. The molecule has 0 spiro atoms. The number of nitrogens with zero attached hydrogens (tertiary/aromatic N) is 1. The Labute approximate surface area is 126 Å². The summed E-state index contributed by atoms with van der Waals surface area (Å²) >= 11 is 0. The van der Waals surface area contributed by atoms with Gasteiger partial charge in [-0.3, -0.25) is 4.79 Å². The summed E-state index contributed by atoms with van der Waals surface area (Å²) in [4.78, 5) is 11.9. The van der Waals surface area contributed by atoms with Gasteiger partial charge in [-0.15, -0.1) is 0 Å². The number of carbonyl (C=O) groups excluding carboxylic acids is 1. The normalized spacial score (nSPS) is 16.5. The van der Waals surface area contributed by atoms with Crippen LogP contribution >= 0.6 is 0 Å². The van der Waals surface area contributed by atoms with Crippen LogP contribution < -0.4 is 10.6 Å².